The van der Waals surface area contributed by atoms with E-state index in [1.165, 1.54) is 18.1 Å². The molecule has 2 aromatic carbocycles. The van der Waals surface area contributed by atoms with Gasteiger partial charge in [-0.3, -0.25) is 4.79 Å². The third-order valence-electron chi connectivity index (χ3n) is 2.99. The van der Waals surface area contributed by atoms with E-state index in [-0.39, 0.29) is 5.91 Å². The summed E-state index contributed by atoms with van der Waals surface area (Å²) in [4.78, 5) is 20.6. The van der Waals surface area contributed by atoms with Crippen molar-refractivity contribution in [2.75, 3.05) is 11.1 Å². The van der Waals surface area contributed by atoms with Crippen LogP contribution >= 0.6 is 27.7 Å². The highest BCUT2D eigenvalue weighted by Gasteiger charge is 2.09. The Morgan fingerprint density at radius 1 is 1.09 bits per heavy atom. The molecular weight excluding hydrogens is 362 g/mol. The SMILES string of the molecule is O=C(CSc1ncnc2ccccc12)Nc1ccccc1Br. The van der Waals surface area contributed by atoms with Gasteiger partial charge in [-0.15, -0.1) is 0 Å². The molecule has 0 spiro atoms. The van der Waals surface area contributed by atoms with Crippen LogP contribution in [0.1, 0.15) is 0 Å². The minimum Gasteiger partial charge on any atom is -0.324 e. The molecule has 6 heteroatoms. The summed E-state index contributed by atoms with van der Waals surface area (Å²) in [5.74, 6) is 0.224. The minimum absolute atomic E-state index is 0.0698. The van der Waals surface area contributed by atoms with Crippen molar-refractivity contribution in [1.82, 2.24) is 9.97 Å². The van der Waals surface area contributed by atoms with Crippen LogP contribution in [-0.4, -0.2) is 21.6 Å². The van der Waals surface area contributed by atoms with Crippen LogP contribution in [0.3, 0.4) is 0 Å². The molecule has 0 saturated carbocycles. The summed E-state index contributed by atoms with van der Waals surface area (Å²) in [5.41, 5.74) is 1.65. The number of nitrogens with zero attached hydrogens (tertiary/aromatic N) is 2. The van der Waals surface area contributed by atoms with Crippen molar-refractivity contribution in [1.29, 1.82) is 0 Å². The molecule has 0 saturated heterocycles. The van der Waals surface area contributed by atoms with E-state index in [2.05, 4.69) is 31.2 Å². The van der Waals surface area contributed by atoms with Crippen molar-refractivity contribution >= 4 is 50.2 Å². The monoisotopic (exact) mass is 373 g/mol. The predicted molar refractivity (Wildman–Crippen MR) is 93.0 cm³/mol. The Morgan fingerprint density at radius 3 is 2.73 bits per heavy atom. The lowest BCUT2D eigenvalue weighted by atomic mass is 10.2. The first-order valence-electron chi connectivity index (χ1n) is 6.61. The highest BCUT2D eigenvalue weighted by atomic mass is 79.9. The van der Waals surface area contributed by atoms with Crippen molar-refractivity contribution in [3.05, 3.63) is 59.3 Å². The van der Waals surface area contributed by atoms with Gasteiger partial charge in [0, 0.05) is 9.86 Å². The number of carbonyl (C=O) groups excluding carboxylic acids is 1. The molecule has 0 aliphatic rings. The molecule has 1 heterocycles. The molecule has 3 aromatic rings. The zero-order valence-corrected chi connectivity index (χ0v) is 13.9. The van der Waals surface area contributed by atoms with Crippen LogP contribution in [0.4, 0.5) is 5.69 Å². The Bertz CT molecular complexity index is 820. The van der Waals surface area contributed by atoms with E-state index >= 15 is 0 Å². The Hall–Kier alpha value is -1.92. The highest BCUT2D eigenvalue weighted by molar-refractivity contribution is 9.10. The summed E-state index contributed by atoms with van der Waals surface area (Å²) in [6, 6.07) is 15.3. The van der Waals surface area contributed by atoms with E-state index in [1.807, 2.05) is 48.5 Å². The lowest BCUT2D eigenvalue weighted by Gasteiger charge is -2.07. The molecule has 0 fully saturated rings. The van der Waals surface area contributed by atoms with Crippen LogP contribution in [0.2, 0.25) is 0 Å². The van der Waals surface area contributed by atoms with Gasteiger partial charge in [-0.1, -0.05) is 42.1 Å². The van der Waals surface area contributed by atoms with Crippen molar-refractivity contribution in [3.63, 3.8) is 0 Å². The second kappa shape index (κ2) is 6.89. The molecule has 0 unspecified atom stereocenters. The number of anilines is 1. The minimum atomic E-state index is -0.0698. The number of halogens is 1. The lowest BCUT2D eigenvalue weighted by Crippen LogP contribution is -2.14. The molecule has 0 radical (unpaired) electrons. The van der Waals surface area contributed by atoms with Crippen LogP contribution in [0.25, 0.3) is 10.9 Å². The number of benzene rings is 2. The fourth-order valence-electron chi connectivity index (χ4n) is 1.98. The summed E-state index contributed by atoms with van der Waals surface area (Å²) in [7, 11) is 0. The standard InChI is InChI=1S/C16H12BrN3OS/c17-12-6-2-4-8-14(12)20-15(21)9-22-16-11-5-1-3-7-13(11)18-10-19-16/h1-8,10H,9H2,(H,20,21). The number of nitrogens with one attached hydrogen (secondary N) is 1. The third kappa shape index (κ3) is 3.45. The van der Waals surface area contributed by atoms with E-state index in [4.69, 9.17) is 0 Å². The van der Waals surface area contributed by atoms with Crippen LogP contribution in [0.15, 0.2) is 64.4 Å². The van der Waals surface area contributed by atoms with Gasteiger partial charge in [-0.2, -0.15) is 0 Å². The number of aromatic nitrogens is 2. The Labute approximate surface area is 140 Å². The second-order valence-corrected chi connectivity index (χ2v) is 6.33. The topological polar surface area (TPSA) is 54.9 Å². The smallest absolute Gasteiger partial charge is 0.234 e. The fourth-order valence-corrected chi connectivity index (χ4v) is 3.15. The molecule has 22 heavy (non-hydrogen) atoms. The van der Waals surface area contributed by atoms with Gasteiger partial charge >= 0.3 is 0 Å². The number of hydrogen-bond donors (Lipinski definition) is 1. The fraction of sp³-hybridized carbons (Fsp3) is 0.0625. The van der Waals surface area contributed by atoms with Crippen LogP contribution < -0.4 is 5.32 Å². The summed E-state index contributed by atoms with van der Waals surface area (Å²) in [5, 5.41) is 4.65. The quantitative estimate of drug-likeness (QED) is 0.551. The van der Waals surface area contributed by atoms with Crippen molar-refractivity contribution in [2.45, 2.75) is 5.03 Å². The van der Waals surface area contributed by atoms with Gasteiger partial charge in [0.2, 0.25) is 5.91 Å². The Morgan fingerprint density at radius 2 is 1.86 bits per heavy atom. The van der Waals surface area contributed by atoms with Crippen molar-refractivity contribution in [3.8, 4) is 0 Å². The van der Waals surface area contributed by atoms with Gasteiger partial charge in [0.1, 0.15) is 11.4 Å². The van der Waals surface area contributed by atoms with Crippen LogP contribution in [0, 0.1) is 0 Å². The average molecular weight is 374 g/mol. The second-order valence-electron chi connectivity index (χ2n) is 4.51. The van der Waals surface area contributed by atoms with Gasteiger partial charge in [-0.25, -0.2) is 9.97 Å². The summed E-state index contributed by atoms with van der Waals surface area (Å²) >= 11 is 4.82. The molecule has 0 aliphatic carbocycles. The van der Waals surface area contributed by atoms with E-state index in [1.54, 1.807) is 0 Å². The predicted octanol–water partition coefficient (Wildman–Crippen LogP) is 4.12. The number of fused-ring (bicyclic) bond motifs is 1. The van der Waals surface area contributed by atoms with Crippen molar-refractivity contribution in [2.24, 2.45) is 0 Å². The zero-order chi connectivity index (χ0) is 15.4. The number of hydrogen-bond acceptors (Lipinski definition) is 4. The molecule has 0 bridgehead atoms. The van der Waals surface area contributed by atoms with Gasteiger partial charge in [0.05, 0.1) is 17.0 Å². The number of carbonyl (C=O) groups is 1. The number of thioether (sulfide) groups is 1. The first-order valence-corrected chi connectivity index (χ1v) is 8.39. The molecule has 1 aromatic heterocycles. The molecular formula is C16H12BrN3OS. The van der Waals surface area contributed by atoms with Gasteiger partial charge in [0.15, 0.2) is 0 Å². The summed E-state index contributed by atoms with van der Waals surface area (Å²) < 4.78 is 0.862. The third-order valence-corrected chi connectivity index (χ3v) is 4.69. The molecule has 1 N–H and O–H groups in total. The van der Waals surface area contributed by atoms with Crippen molar-refractivity contribution < 1.29 is 4.79 Å². The molecule has 110 valence electrons. The first-order chi connectivity index (χ1) is 10.7. The maximum absolute atomic E-state index is 12.1. The van der Waals surface area contributed by atoms with Gasteiger partial charge in [-0.05, 0) is 34.1 Å². The highest BCUT2D eigenvalue weighted by Crippen LogP contribution is 2.25. The van der Waals surface area contributed by atoms with E-state index < -0.39 is 0 Å². The molecule has 0 aliphatic heterocycles. The van der Waals surface area contributed by atoms with E-state index in [0.717, 1.165) is 26.1 Å². The number of para-hydroxylation sites is 2. The van der Waals surface area contributed by atoms with Gasteiger partial charge in [0.25, 0.3) is 0 Å². The summed E-state index contributed by atoms with van der Waals surface area (Å²) in [6.07, 6.45) is 1.52. The first kappa shape index (κ1) is 15.0. The Balaban J connectivity index is 1.69. The molecule has 4 nitrogen and oxygen atoms in total. The molecule has 0 atom stereocenters. The molecule has 3 rings (SSSR count). The van der Waals surface area contributed by atoms with Gasteiger partial charge < -0.3 is 5.32 Å². The van der Waals surface area contributed by atoms with E-state index in [0.29, 0.717) is 5.75 Å². The maximum Gasteiger partial charge on any atom is 0.234 e. The number of rotatable bonds is 4. The van der Waals surface area contributed by atoms with Crippen LogP contribution in [0.5, 0.6) is 0 Å². The largest absolute Gasteiger partial charge is 0.324 e. The molecule has 1 amide bonds. The zero-order valence-electron chi connectivity index (χ0n) is 11.5. The van der Waals surface area contributed by atoms with E-state index in [9.17, 15) is 4.79 Å². The summed E-state index contributed by atoms with van der Waals surface area (Å²) in [6.45, 7) is 0. The van der Waals surface area contributed by atoms with Crippen LogP contribution in [-0.2, 0) is 4.79 Å². The lowest BCUT2D eigenvalue weighted by molar-refractivity contribution is -0.113. The average Bonchev–Trinajstić information content (AvgIpc) is 2.55. The normalized spacial score (nSPS) is 10.6. The Kier molecular flexibility index (Phi) is 4.70. The number of amides is 1. The maximum atomic E-state index is 12.1.